The van der Waals surface area contributed by atoms with Crippen molar-refractivity contribution < 1.29 is 23.8 Å². The van der Waals surface area contributed by atoms with E-state index in [2.05, 4.69) is 5.32 Å². The lowest BCUT2D eigenvalue weighted by Crippen LogP contribution is -2.42. The Morgan fingerprint density at radius 2 is 1.43 bits per heavy atom. The minimum atomic E-state index is -1.08. The minimum absolute atomic E-state index is 0.202. The Balaban J connectivity index is 1.36. The van der Waals surface area contributed by atoms with Crippen molar-refractivity contribution >= 4 is 11.9 Å². The van der Waals surface area contributed by atoms with Gasteiger partial charge in [0.05, 0.1) is 0 Å². The van der Waals surface area contributed by atoms with Crippen LogP contribution in [0.2, 0.25) is 0 Å². The molecular weight excluding hydrogens is 445 g/mol. The second kappa shape index (κ2) is 11.1. The predicted octanol–water partition coefficient (Wildman–Crippen LogP) is 5.50. The summed E-state index contributed by atoms with van der Waals surface area (Å²) in [6.45, 7) is 0.266. The molecule has 0 aromatic heterocycles. The van der Waals surface area contributed by atoms with Gasteiger partial charge in [0.2, 0.25) is 0 Å². The van der Waals surface area contributed by atoms with Gasteiger partial charge in [0.25, 0.3) is 5.91 Å². The molecule has 5 nitrogen and oxygen atoms in total. The van der Waals surface area contributed by atoms with Crippen LogP contribution >= 0.6 is 0 Å². The Kier molecular flexibility index (Phi) is 7.53. The fourth-order valence-electron chi connectivity index (χ4n) is 3.64. The van der Waals surface area contributed by atoms with Crippen molar-refractivity contribution in [1.82, 2.24) is 5.32 Å². The molecule has 176 valence electrons. The van der Waals surface area contributed by atoms with Crippen LogP contribution in [0, 0.1) is 5.82 Å². The van der Waals surface area contributed by atoms with Crippen LogP contribution in [0.25, 0.3) is 11.1 Å². The molecule has 0 spiro atoms. The minimum Gasteiger partial charge on any atom is -0.489 e. The smallest absolute Gasteiger partial charge is 0.326 e. The number of rotatable bonds is 9. The first-order chi connectivity index (χ1) is 17.0. The lowest BCUT2D eigenvalue weighted by Gasteiger charge is -2.15. The molecule has 1 amide bonds. The summed E-state index contributed by atoms with van der Waals surface area (Å²) in [5.74, 6) is -1.17. The van der Waals surface area contributed by atoms with Crippen LogP contribution in [0.4, 0.5) is 4.39 Å². The lowest BCUT2D eigenvalue weighted by atomic mass is 10.0. The molecule has 0 fully saturated rings. The standard InChI is InChI=1S/C29H24FNO4/c30-25-8-4-7-21(17-25)19-35-26-15-13-23(14-16-26)22-9-11-24(12-10-22)28(32)31-27(29(33)34)18-20-5-2-1-3-6-20/h1-17,27H,18-19H2,(H,31,32)(H,33,34). The van der Waals surface area contributed by atoms with Gasteiger partial charge in [0, 0.05) is 12.0 Å². The van der Waals surface area contributed by atoms with Crippen molar-refractivity contribution in [3.05, 3.63) is 126 Å². The van der Waals surface area contributed by atoms with E-state index in [1.807, 2.05) is 66.7 Å². The van der Waals surface area contributed by atoms with E-state index >= 15 is 0 Å². The number of benzene rings is 4. The Hall–Kier alpha value is -4.45. The highest BCUT2D eigenvalue weighted by Gasteiger charge is 2.21. The highest BCUT2D eigenvalue weighted by Crippen LogP contribution is 2.23. The zero-order chi connectivity index (χ0) is 24.6. The van der Waals surface area contributed by atoms with Crippen molar-refractivity contribution in [2.75, 3.05) is 0 Å². The molecule has 1 atom stereocenters. The van der Waals surface area contributed by atoms with E-state index in [1.54, 1.807) is 24.3 Å². The summed E-state index contributed by atoms with van der Waals surface area (Å²) in [5, 5.41) is 12.1. The molecule has 0 bridgehead atoms. The van der Waals surface area contributed by atoms with Crippen molar-refractivity contribution in [2.24, 2.45) is 0 Å². The summed E-state index contributed by atoms with van der Waals surface area (Å²) >= 11 is 0. The van der Waals surface area contributed by atoms with Crippen LogP contribution in [0.1, 0.15) is 21.5 Å². The highest BCUT2D eigenvalue weighted by atomic mass is 19.1. The molecule has 4 aromatic carbocycles. The third-order valence-corrected chi connectivity index (χ3v) is 5.52. The molecule has 4 rings (SSSR count). The van der Waals surface area contributed by atoms with Crippen molar-refractivity contribution in [1.29, 1.82) is 0 Å². The van der Waals surface area contributed by atoms with Crippen LogP contribution in [0.15, 0.2) is 103 Å². The number of carbonyl (C=O) groups is 2. The van der Waals surface area contributed by atoms with Gasteiger partial charge in [-0.15, -0.1) is 0 Å². The molecule has 6 heteroatoms. The summed E-state index contributed by atoms with van der Waals surface area (Å²) in [6.07, 6.45) is 0.202. The number of ether oxygens (including phenoxy) is 1. The third-order valence-electron chi connectivity index (χ3n) is 5.52. The van der Waals surface area contributed by atoms with E-state index in [1.165, 1.54) is 12.1 Å². The zero-order valence-electron chi connectivity index (χ0n) is 18.9. The van der Waals surface area contributed by atoms with Crippen LogP contribution in [-0.4, -0.2) is 23.0 Å². The van der Waals surface area contributed by atoms with Crippen molar-refractivity contribution in [3.63, 3.8) is 0 Å². The summed E-state index contributed by atoms with van der Waals surface area (Å²) in [5.41, 5.74) is 3.79. The number of hydrogen-bond acceptors (Lipinski definition) is 3. The molecule has 0 radical (unpaired) electrons. The number of nitrogens with one attached hydrogen (secondary N) is 1. The topological polar surface area (TPSA) is 75.6 Å². The molecule has 0 saturated carbocycles. The van der Waals surface area contributed by atoms with E-state index in [0.29, 0.717) is 11.3 Å². The van der Waals surface area contributed by atoms with Gasteiger partial charge in [-0.1, -0.05) is 66.7 Å². The quantitative estimate of drug-likeness (QED) is 0.340. The second-order valence-electron chi connectivity index (χ2n) is 8.07. The average Bonchev–Trinajstić information content (AvgIpc) is 2.88. The summed E-state index contributed by atoms with van der Waals surface area (Å²) in [7, 11) is 0. The first-order valence-corrected chi connectivity index (χ1v) is 11.1. The molecule has 0 aliphatic rings. The van der Waals surface area contributed by atoms with Gasteiger partial charge in [-0.2, -0.15) is 0 Å². The Labute approximate surface area is 202 Å². The van der Waals surface area contributed by atoms with E-state index < -0.39 is 17.9 Å². The lowest BCUT2D eigenvalue weighted by molar-refractivity contribution is -0.139. The highest BCUT2D eigenvalue weighted by molar-refractivity contribution is 5.97. The SMILES string of the molecule is O=C(NC(Cc1ccccc1)C(=O)O)c1ccc(-c2ccc(OCc3cccc(F)c3)cc2)cc1. The van der Waals surface area contributed by atoms with Crippen molar-refractivity contribution in [2.45, 2.75) is 19.1 Å². The molecule has 4 aromatic rings. The molecule has 0 heterocycles. The average molecular weight is 470 g/mol. The molecule has 0 aliphatic heterocycles. The first kappa shape index (κ1) is 23.7. The van der Waals surface area contributed by atoms with Crippen LogP contribution in [0.5, 0.6) is 5.75 Å². The Morgan fingerprint density at radius 3 is 2.06 bits per heavy atom. The number of carbonyl (C=O) groups excluding carboxylic acids is 1. The molecule has 0 aliphatic carbocycles. The number of aliphatic carboxylic acids is 1. The molecular formula is C29H24FNO4. The number of carboxylic acid groups (broad SMARTS) is 1. The van der Waals surface area contributed by atoms with Crippen LogP contribution in [-0.2, 0) is 17.8 Å². The van der Waals surface area contributed by atoms with E-state index in [0.717, 1.165) is 22.3 Å². The maximum atomic E-state index is 13.3. The molecule has 0 saturated heterocycles. The van der Waals surface area contributed by atoms with Gasteiger partial charge in [-0.05, 0) is 58.7 Å². The fourth-order valence-corrected chi connectivity index (χ4v) is 3.64. The zero-order valence-corrected chi connectivity index (χ0v) is 18.9. The van der Waals surface area contributed by atoms with Gasteiger partial charge in [-0.3, -0.25) is 4.79 Å². The number of hydrogen-bond donors (Lipinski definition) is 2. The van der Waals surface area contributed by atoms with Crippen LogP contribution < -0.4 is 10.1 Å². The number of amides is 1. The van der Waals surface area contributed by atoms with Gasteiger partial charge < -0.3 is 15.2 Å². The van der Waals surface area contributed by atoms with Crippen molar-refractivity contribution in [3.8, 4) is 16.9 Å². The largest absolute Gasteiger partial charge is 0.489 e. The molecule has 1 unspecified atom stereocenters. The summed E-state index contributed by atoms with van der Waals surface area (Å²) in [4.78, 5) is 24.3. The predicted molar refractivity (Wildman–Crippen MR) is 132 cm³/mol. The van der Waals surface area contributed by atoms with E-state index in [4.69, 9.17) is 4.74 Å². The maximum Gasteiger partial charge on any atom is 0.326 e. The Morgan fingerprint density at radius 1 is 0.800 bits per heavy atom. The maximum absolute atomic E-state index is 13.3. The third kappa shape index (κ3) is 6.54. The van der Waals surface area contributed by atoms with E-state index in [-0.39, 0.29) is 18.8 Å². The van der Waals surface area contributed by atoms with Gasteiger partial charge >= 0.3 is 5.97 Å². The van der Waals surface area contributed by atoms with E-state index in [9.17, 15) is 19.1 Å². The normalized spacial score (nSPS) is 11.5. The second-order valence-corrected chi connectivity index (χ2v) is 8.07. The summed E-state index contributed by atoms with van der Waals surface area (Å²) < 4.78 is 19.0. The van der Waals surface area contributed by atoms with Gasteiger partial charge in [0.15, 0.2) is 0 Å². The first-order valence-electron chi connectivity index (χ1n) is 11.1. The number of carboxylic acids is 1. The summed E-state index contributed by atoms with van der Waals surface area (Å²) in [6, 6.07) is 28.8. The number of halogens is 1. The molecule has 35 heavy (non-hydrogen) atoms. The monoisotopic (exact) mass is 469 g/mol. The molecule has 2 N–H and O–H groups in total. The van der Waals surface area contributed by atoms with Gasteiger partial charge in [-0.25, -0.2) is 9.18 Å². The Bertz CT molecular complexity index is 1290. The van der Waals surface area contributed by atoms with Crippen LogP contribution in [0.3, 0.4) is 0 Å². The van der Waals surface area contributed by atoms with Gasteiger partial charge in [0.1, 0.15) is 24.2 Å². The fraction of sp³-hybridized carbons (Fsp3) is 0.103.